The Hall–Kier alpha value is -4.08. The minimum Gasteiger partial charge on any atom is -0.467 e. The zero-order chi connectivity index (χ0) is 25.1. The molecule has 5 rings (SSSR count). The van der Waals surface area contributed by atoms with E-state index in [1.54, 1.807) is 36.4 Å². The minimum absolute atomic E-state index is 0.0325. The van der Waals surface area contributed by atoms with Crippen molar-refractivity contribution in [2.24, 2.45) is 0 Å². The number of nitrogens with zero attached hydrogens (tertiary/aromatic N) is 1. The lowest BCUT2D eigenvalue weighted by Crippen LogP contribution is -2.31. The number of aryl methyl sites for hydroxylation is 1. The second-order valence-corrected chi connectivity index (χ2v) is 10.1. The third kappa shape index (κ3) is 5.12. The van der Waals surface area contributed by atoms with E-state index in [0.717, 1.165) is 5.56 Å². The SMILES string of the molecule is Cc1ccc(NC2=C(Sc3cccc(NC(=O)c4cccs4)c3)C(=O)N(Cc3ccco3)C2=O)cc1. The molecule has 36 heavy (non-hydrogen) atoms. The summed E-state index contributed by atoms with van der Waals surface area (Å²) in [6.07, 6.45) is 1.50. The van der Waals surface area contributed by atoms with Crippen molar-refractivity contribution in [1.29, 1.82) is 0 Å². The summed E-state index contributed by atoms with van der Waals surface area (Å²) in [5.74, 6) is -0.536. The molecule has 1 aliphatic heterocycles. The molecule has 0 spiro atoms. The van der Waals surface area contributed by atoms with E-state index in [1.807, 2.05) is 48.7 Å². The van der Waals surface area contributed by atoms with Crippen molar-refractivity contribution >= 4 is 52.2 Å². The highest BCUT2D eigenvalue weighted by atomic mass is 32.2. The molecule has 1 aliphatic rings. The highest BCUT2D eigenvalue weighted by molar-refractivity contribution is 8.04. The average molecular weight is 516 g/mol. The maximum absolute atomic E-state index is 13.4. The molecule has 180 valence electrons. The number of imide groups is 1. The number of hydrogen-bond acceptors (Lipinski definition) is 7. The number of furan rings is 1. The fourth-order valence-corrected chi connectivity index (χ4v) is 5.22. The van der Waals surface area contributed by atoms with E-state index in [2.05, 4.69) is 10.6 Å². The van der Waals surface area contributed by atoms with Crippen LogP contribution in [0.25, 0.3) is 0 Å². The Labute approximate surface area is 215 Å². The zero-order valence-electron chi connectivity index (χ0n) is 19.2. The number of hydrogen-bond donors (Lipinski definition) is 2. The Morgan fingerprint density at radius 3 is 2.53 bits per heavy atom. The van der Waals surface area contributed by atoms with Crippen LogP contribution in [0.5, 0.6) is 0 Å². The first kappa shape index (κ1) is 23.7. The fourth-order valence-electron chi connectivity index (χ4n) is 3.60. The van der Waals surface area contributed by atoms with Crippen LogP contribution in [-0.2, 0) is 16.1 Å². The third-order valence-electron chi connectivity index (χ3n) is 5.40. The van der Waals surface area contributed by atoms with Gasteiger partial charge in [-0.05, 0) is 60.8 Å². The van der Waals surface area contributed by atoms with Crippen LogP contribution in [0.1, 0.15) is 21.0 Å². The summed E-state index contributed by atoms with van der Waals surface area (Å²) in [5, 5.41) is 7.86. The number of amides is 3. The first-order chi connectivity index (χ1) is 17.5. The van der Waals surface area contributed by atoms with Crippen LogP contribution < -0.4 is 10.6 Å². The molecular formula is C27H21N3O4S2. The number of rotatable bonds is 8. The summed E-state index contributed by atoms with van der Waals surface area (Å²) < 4.78 is 5.36. The fraction of sp³-hybridized carbons (Fsp3) is 0.0741. The van der Waals surface area contributed by atoms with Gasteiger partial charge >= 0.3 is 0 Å². The maximum Gasteiger partial charge on any atom is 0.278 e. The molecule has 0 unspecified atom stereocenters. The predicted molar refractivity (Wildman–Crippen MR) is 141 cm³/mol. The highest BCUT2D eigenvalue weighted by Gasteiger charge is 2.39. The van der Waals surface area contributed by atoms with E-state index >= 15 is 0 Å². The molecule has 3 heterocycles. The molecule has 0 bridgehead atoms. The van der Waals surface area contributed by atoms with Gasteiger partial charge in [-0.2, -0.15) is 0 Å². The summed E-state index contributed by atoms with van der Waals surface area (Å²) in [4.78, 5) is 41.9. The quantitative estimate of drug-likeness (QED) is 0.285. The second-order valence-electron chi connectivity index (χ2n) is 8.03. The number of nitrogens with one attached hydrogen (secondary N) is 2. The first-order valence-corrected chi connectivity index (χ1v) is 12.8. The van der Waals surface area contributed by atoms with E-state index in [9.17, 15) is 14.4 Å². The summed E-state index contributed by atoms with van der Waals surface area (Å²) in [6.45, 7) is 2.01. The predicted octanol–water partition coefficient (Wildman–Crippen LogP) is 5.89. The number of thiophene rings is 1. The molecule has 9 heteroatoms. The summed E-state index contributed by atoms with van der Waals surface area (Å²) >= 11 is 2.53. The van der Waals surface area contributed by atoms with E-state index in [-0.39, 0.29) is 23.1 Å². The number of benzene rings is 2. The van der Waals surface area contributed by atoms with Gasteiger partial charge in [-0.1, -0.05) is 41.6 Å². The van der Waals surface area contributed by atoms with Crippen molar-refractivity contribution in [2.45, 2.75) is 18.4 Å². The molecule has 0 saturated heterocycles. The van der Waals surface area contributed by atoms with Gasteiger partial charge in [-0.15, -0.1) is 11.3 Å². The number of thioether (sulfide) groups is 1. The second kappa shape index (κ2) is 10.3. The molecule has 0 radical (unpaired) electrons. The van der Waals surface area contributed by atoms with Crippen LogP contribution >= 0.6 is 23.1 Å². The van der Waals surface area contributed by atoms with E-state index in [0.29, 0.717) is 26.9 Å². The molecule has 0 aliphatic carbocycles. The lowest BCUT2D eigenvalue weighted by molar-refractivity contribution is -0.138. The molecule has 2 aromatic carbocycles. The maximum atomic E-state index is 13.4. The van der Waals surface area contributed by atoms with Crippen molar-refractivity contribution in [3.8, 4) is 0 Å². The Balaban J connectivity index is 1.42. The topological polar surface area (TPSA) is 91.7 Å². The molecule has 2 N–H and O–H groups in total. The van der Waals surface area contributed by atoms with Gasteiger partial charge in [0.2, 0.25) is 0 Å². The molecule has 0 fully saturated rings. The smallest absolute Gasteiger partial charge is 0.278 e. The van der Waals surface area contributed by atoms with E-state index in [4.69, 9.17) is 4.42 Å². The first-order valence-electron chi connectivity index (χ1n) is 11.1. The van der Waals surface area contributed by atoms with Crippen LogP contribution in [0.2, 0.25) is 0 Å². The van der Waals surface area contributed by atoms with Gasteiger partial charge in [0.05, 0.1) is 17.7 Å². The Bertz CT molecular complexity index is 1440. The summed E-state index contributed by atoms with van der Waals surface area (Å²) in [5.41, 5.74) is 2.58. The van der Waals surface area contributed by atoms with Gasteiger partial charge in [0.15, 0.2) is 0 Å². The number of carbonyl (C=O) groups excluding carboxylic acids is 3. The molecule has 0 atom stereocenters. The van der Waals surface area contributed by atoms with Gasteiger partial charge < -0.3 is 15.1 Å². The molecular weight excluding hydrogens is 494 g/mol. The Kier molecular flexibility index (Phi) is 6.75. The van der Waals surface area contributed by atoms with Crippen LogP contribution in [0, 0.1) is 6.92 Å². The Morgan fingerprint density at radius 2 is 1.81 bits per heavy atom. The highest BCUT2D eigenvalue weighted by Crippen LogP contribution is 2.37. The van der Waals surface area contributed by atoms with Gasteiger partial charge in [-0.25, -0.2) is 0 Å². The normalized spacial score (nSPS) is 13.4. The average Bonchev–Trinajstić information content (AvgIpc) is 3.63. The van der Waals surface area contributed by atoms with Crippen molar-refractivity contribution in [1.82, 2.24) is 4.90 Å². The van der Waals surface area contributed by atoms with Crippen molar-refractivity contribution in [3.05, 3.63) is 111 Å². The van der Waals surface area contributed by atoms with Gasteiger partial charge in [0, 0.05) is 16.3 Å². The molecule has 0 saturated carbocycles. The van der Waals surface area contributed by atoms with Gasteiger partial charge in [-0.3, -0.25) is 19.3 Å². The molecule has 4 aromatic rings. The zero-order valence-corrected chi connectivity index (χ0v) is 20.8. The van der Waals surface area contributed by atoms with Crippen molar-refractivity contribution < 1.29 is 18.8 Å². The largest absolute Gasteiger partial charge is 0.467 e. The molecule has 2 aromatic heterocycles. The van der Waals surface area contributed by atoms with Crippen LogP contribution in [0.4, 0.5) is 11.4 Å². The number of carbonyl (C=O) groups is 3. The van der Waals surface area contributed by atoms with E-state index in [1.165, 1.54) is 34.3 Å². The monoisotopic (exact) mass is 515 g/mol. The van der Waals surface area contributed by atoms with Crippen LogP contribution in [0.3, 0.4) is 0 Å². The van der Waals surface area contributed by atoms with Crippen molar-refractivity contribution in [2.75, 3.05) is 10.6 Å². The standard InChI is InChI=1S/C27H21N3O4S2/c1-17-9-11-18(12-10-17)28-23-24(27(33)30(26(23)32)16-20-6-3-13-34-20)36-21-7-2-5-19(15-21)29-25(31)22-8-4-14-35-22/h2-15,28H,16H2,1H3,(H,29,31). The molecule has 3 amide bonds. The molecule has 7 nitrogen and oxygen atoms in total. The summed E-state index contributed by atoms with van der Waals surface area (Å²) in [6, 6.07) is 21.8. The lowest BCUT2D eigenvalue weighted by atomic mass is 10.2. The summed E-state index contributed by atoms with van der Waals surface area (Å²) in [7, 11) is 0. The van der Waals surface area contributed by atoms with Crippen molar-refractivity contribution in [3.63, 3.8) is 0 Å². The third-order valence-corrected chi connectivity index (χ3v) is 7.34. The number of anilines is 2. The minimum atomic E-state index is -0.429. The Morgan fingerprint density at radius 1 is 0.972 bits per heavy atom. The van der Waals surface area contributed by atoms with Crippen LogP contribution in [0.15, 0.2) is 104 Å². The lowest BCUT2D eigenvalue weighted by Gasteiger charge is -2.13. The van der Waals surface area contributed by atoms with Crippen LogP contribution in [-0.4, -0.2) is 22.6 Å². The van der Waals surface area contributed by atoms with Gasteiger partial charge in [0.1, 0.15) is 16.4 Å². The van der Waals surface area contributed by atoms with E-state index < -0.39 is 11.8 Å². The van der Waals surface area contributed by atoms with Gasteiger partial charge in [0.25, 0.3) is 17.7 Å².